The number of H-pyrrole nitrogens is 1. The maximum absolute atomic E-state index is 11.2. The topological polar surface area (TPSA) is 110 Å². The normalized spacial score (nSPS) is 10.2. The van der Waals surface area contributed by atoms with E-state index in [1.165, 1.54) is 0 Å². The van der Waals surface area contributed by atoms with Crippen molar-refractivity contribution in [2.24, 2.45) is 0 Å². The van der Waals surface area contributed by atoms with Crippen LogP contribution in [0.25, 0.3) is 0 Å². The Kier molecular flexibility index (Phi) is 3.34. The molecule has 0 atom stereocenters. The van der Waals surface area contributed by atoms with Crippen LogP contribution in [0, 0.1) is 10.1 Å². The summed E-state index contributed by atoms with van der Waals surface area (Å²) >= 11 is 0. The second-order valence-electron chi connectivity index (χ2n) is 2.83. The summed E-state index contributed by atoms with van der Waals surface area (Å²) < 4.78 is 1.08. The third-order valence-electron chi connectivity index (χ3n) is 1.79. The molecule has 82 valence electrons. The Hall–Kier alpha value is -1.96. The summed E-state index contributed by atoms with van der Waals surface area (Å²) in [5.74, 6) is 0. The molecule has 1 aromatic heterocycles. The van der Waals surface area contributed by atoms with Gasteiger partial charge in [0.05, 0.1) is 11.1 Å². The zero-order chi connectivity index (χ0) is 11.4. The Bertz CT molecular complexity index is 475. The molecule has 1 rings (SSSR count). The minimum atomic E-state index is -0.981. The fourth-order valence-electron chi connectivity index (χ4n) is 1.03. The summed E-state index contributed by atoms with van der Waals surface area (Å²) in [4.78, 5) is 33.6. The molecule has 0 radical (unpaired) electrons. The van der Waals surface area contributed by atoms with Crippen molar-refractivity contribution in [3.05, 3.63) is 37.1 Å². The van der Waals surface area contributed by atoms with E-state index >= 15 is 0 Å². The van der Waals surface area contributed by atoms with Gasteiger partial charge in [-0.25, -0.2) is 4.79 Å². The lowest BCUT2D eigenvalue weighted by molar-refractivity contribution is -0.386. The van der Waals surface area contributed by atoms with Crippen molar-refractivity contribution in [1.82, 2.24) is 14.9 Å². The molecule has 0 saturated heterocycles. The lowest BCUT2D eigenvalue weighted by atomic mass is 10.5. The first kappa shape index (κ1) is 11.1. The van der Waals surface area contributed by atoms with Gasteiger partial charge in [-0.1, -0.05) is 0 Å². The predicted molar refractivity (Wildman–Crippen MR) is 51.9 cm³/mol. The molecule has 0 aliphatic carbocycles. The zero-order valence-electron chi connectivity index (χ0n) is 8.02. The summed E-state index contributed by atoms with van der Waals surface area (Å²) in [6.45, 7) is 0.732. The van der Waals surface area contributed by atoms with Crippen LogP contribution < -0.4 is 16.6 Å². The first-order valence-electron chi connectivity index (χ1n) is 4.19. The van der Waals surface area contributed by atoms with E-state index in [9.17, 15) is 19.7 Å². The van der Waals surface area contributed by atoms with Gasteiger partial charge in [0.1, 0.15) is 0 Å². The summed E-state index contributed by atoms with van der Waals surface area (Å²) in [7, 11) is 1.69. The number of hydrogen-bond acceptors (Lipinski definition) is 5. The van der Waals surface area contributed by atoms with Crippen molar-refractivity contribution in [2.75, 3.05) is 13.6 Å². The smallest absolute Gasteiger partial charge is 0.318 e. The second kappa shape index (κ2) is 4.51. The molecule has 15 heavy (non-hydrogen) atoms. The molecular formula is C7H10N4O4. The van der Waals surface area contributed by atoms with Crippen LogP contribution in [0.1, 0.15) is 0 Å². The van der Waals surface area contributed by atoms with Crippen LogP contribution in [0.4, 0.5) is 5.69 Å². The van der Waals surface area contributed by atoms with Crippen LogP contribution in [0.2, 0.25) is 0 Å². The standard InChI is InChI=1S/C7H10N4O4/c1-8-2-3-10-4-5(11(14)15)6(12)9-7(10)13/h4,8H,2-3H2,1H3,(H,9,12,13). The maximum Gasteiger partial charge on any atom is 0.350 e. The van der Waals surface area contributed by atoms with E-state index in [-0.39, 0.29) is 6.54 Å². The van der Waals surface area contributed by atoms with Gasteiger partial charge in [-0.2, -0.15) is 0 Å². The van der Waals surface area contributed by atoms with Gasteiger partial charge in [0, 0.05) is 13.1 Å². The molecule has 1 heterocycles. The van der Waals surface area contributed by atoms with Crippen LogP contribution in [0.3, 0.4) is 0 Å². The van der Waals surface area contributed by atoms with E-state index in [4.69, 9.17) is 0 Å². The highest BCUT2D eigenvalue weighted by molar-refractivity contribution is 5.20. The molecule has 0 saturated carbocycles. The van der Waals surface area contributed by atoms with Crippen LogP contribution >= 0.6 is 0 Å². The fourth-order valence-corrected chi connectivity index (χ4v) is 1.03. The molecule has 8 nitrogen and oxygen atoms in total. The van der Waals surface area contributed by atoms with E-state index < -0.39 is 21.9 Å². The largest absolute Gasteiger partial charge is 0.350 e. The Morgan fingerprint density at radius 1 is 1.60 bits per heavy atom. The van der Waals surface area contributed by atoms with Crippen molar-refractivity contribution in [3.8, 4) is 0 Å². The number of hydrogen-bond donors (Lipinski definition) is 2. The molecule has 8 heteroatoms. The lowest BCUT2D eigenvalue weighted by Gasteiger charge is -2.02. The van der Waals surface area contributed by atoms with Gasteiger partial charge >= 0.3 is 16.9 Å². The minimum Gasteiger partial charge on any atom is -0.318 e. The maximum atomic E-state index is 11.2. The van der Waals surface area contributed by atoms with E-state index in [0.29, 0.717) is 6.54 Å². The van der Waals surface area contributed by atoms with Gasteiger partial charge < -0.3 is 5.32 Å². The molecule has 0 amide bonds. The van der Waals surface area contributed by atoms with Gasteiger partial charge in [0.2, 0.25) is 0 Å². The van der Waals surface area contributed by atoms with Gasteiger partial charge in [0.25, 0.3) is 0 Å². The highest BCUT2D eigenvalue weighted by atomic mass is 16.6. The third kappa shape index (κ3) is 2.50. The van der Waals surface area contributed by atoms with Gasteiger partial charge in [-0.3, -0.25) is 24.5 Å². The number of nitro groups is 1. The van der Waals surface area contributed by atoms with Crippen LogP contribution in [-0.4, -0.2) is 28.1 Å². The molecular weight excluding hydrogens is 204 g/mol. The first-order valence-corrected chi connectivity index (χ1v) is 4.19. The van der Waals surface area contributed by atoms with E-state index in [1.807, 2.05) is 4.98 Å². The number of rotatable bonds is 4. The highest BCUT2D eigenvalue weighted by Gasteiger charge is 2.14. The molecule has 0 aliphatic rings. The number of aromatic nitrogens is 2. The number of nitrogens with one attached hydrogen (secondary N) is 2. The minimum absolute atomic E-state index is 0.257. The molecule has 0 spiro atoms. The average Bonchev–Trinajstić information content (AvgIpc) is 2.16. The molecule has 0 bridgehead atoms. The summed E-state index contributed by atoms with van der Waals surface area (Å²) in [6, 6.07) is 0. The number of nitrogens with zero attached hydrogens (tertiary/aromatic N) is 2. The molecule has 0 fully saturated rings. The number of aromatic amines is 1. The molecule has 0 unspecified atom stereocenters. The lowest BCUT2D eigenvalue weighted by Crippen LogP contribution is -2.33. The molecule has 2 N–H and O–H groups in total. The predicted octanol–water partition coefficient (Wildman–Crippen LogP) is -1.34. The summed E-state index contributed by atoms with van der Waals surface area (Å²) in [5, 5.41) is 13.2. The molecule has 0 aromatic carbocycles. The van der Waals surface area contributed by atoms with Gasteiger partial charge in [0.15, 0.2) is 0 Å². The Balaban J connectivity index is 3.18. The van der Waals surface area contributed by atoms with Crippen molar-refractivity contribution in [1.29, 1.82) is 0 Å². The van der Waals surface area contributed by atoms with Gasteiger partial charge in [-0.15, -0.1) is 0 Å². The highest BCUT2D eigenvalue weighted by Crippen LogP contribution is 1.98. The van der Waals surface area contributed by atoms with E-state index in [1.54, 1.807) is 7.05 Å². The summed E-state index contributed by atoms with van der Waals surface area (Å²) in [6.07, 6.45) is 0.943. The Morgan fingerprint density at radius 2 is 2.27 bits per heavy atom. The summed E-state index contributed by atoms with van der Waals surface area (Å²) in [5.41, 5.74) is -2.27. The second-order valence-corrected chi connectivity index (χ2v) is 2.83. The van der Waals surface area contributed by atoms with Crippen LogP contribution in [-0.2, 0) is 6.54 Å². The molecule has 1 aromatic rings. The quantitative estimate of drug-likeness (QED) is 0.476. The van der Waals surface area contributed by atoms with Crippen molar-refractivity contribution in [2.45, 2.75) is 6.54 Å². The average molecular weight is 214 g/mol. The monoisotopic (exact) mass is 214 g/mol. The Labute approximate surface area is 83.7 Å². The van der Waals surface area contributed by atoms with Crippen molar-refractivity contribution >= 4 is 5.69 Å². The fraction of sp³-hybridized carbons (Fsp3) is 0.429. The van der Waals surface area contributed by atoms with Crippen LogP contribution in [0.5, 0.6) is 0 Å². The van der Waals surface area contributed by atoms with Gasteiger partial charge in [-0.05, 0) is 7.05 Å². The third-order valence-corrected chi connectivity index (χ3v) is 1.79. The van der Waals surface area contributed by atoms with E-state index in [2.05, 4.69) is 5.32 Å². The SMILES string of the molecule is CNCCn1cc([N+](=O)[O-])c(=O)[nH]c1=O. The van der Waals surface area contributed by atoms with Crippen molar-refractivity contribution < 1.29 is 4.92 Å². The zero-order valence-corrected chi connectivity index (χ0v) is 8.02. The molecule has 0 aliphatic heterocycles. The van der Waals surface area contributed by atoms with Crippen molar-refractivity contribution in [3.63, 3.8) is 0 Å². The Morgan fingerprint density at radius 3 is 2.80 bits per heavy atom. The van der Waals surface area contributed by atoms with Crippen LogP contribution in [0.15, 0.2) is 15.8 Å². The van der Waals surface area contributed by atoms with E-state index in [0.717, 1.165) is 10.8 Å². The first-order chi connectivity index (χ1) is 7.06. The number of likely N-dealkylation sites (N-methyl/N-ethyl adjacent to an activating group) is 1.